The molecule has 1 fully saturated rings. The van der Waals surface area contributed by atoms with E-state index >= 15 is 0 Å². The standard InChI is InChI=1S/C18H24ClN3O4/c1-3-26-18(25)22-8-6-14(7-9-22)20-16(23)11-17(24)21-15-10-13(19)5-4-12(15)2/h4-5,10,14H,3,6-9,11H2,1-2H3,(H,20,23)(H,21,24). The van der Waals surface area contributed by atoms with Crippen molar-refractivity contribution in [3.8, 4) is 0 Å². The molecule has 1 aliphatic heterocycles. The lowest BCUT2D eigenvalue weighted by atomic mass is 10.1. The van der Waals surface area contributed by atoms with Crippen LogP contribution in [0.3, 0.4) is 0 Å². The van der Waals surface area contributed by atoms with Crippen LogP contribution in [0.4, 0.5) is 10.5 Å². The van der Waals surface area contributed by atoms with Crippen LogP contribution in [-0.2, 0) is 14.3 Å². The number of rotatable bonds is 5. The van der Waals surface area contributed by atoms with Crippen LogP contribution in [0, 0.1) is 6.92 Å². The summed E-state index contributed by atoms with van der Waals surface area (Å²) in [6.07, 6.45) is 0.692. The minimum absolute atomic E-state index is 0.0473. The first kappa shape index (κ1) is 20.0. The molecular formula is C18H24ClN3O4. The van der Waals surface area contributed by atoms with Crippen molar-refractivity contribution < 1.29 is 19.1 Å². The van der Waals surface area contributed by atoms with Crippen LogP contribution in [-0.4, -0.2) is 48.5 Å². The van der Waals surface area contributed by atoms with Crippen LogP contribution < -0.4 is 10.6 Å². The number of anilines is 1. The average molecular weight is 382 g/mol. The molecule has 0 radical (unpaired) electrons. The van der Waals surface area contributed by atoms with E-state index in [9.17, 15) is 14.4 Å². The fraction of sp³-hybridized carbons (Fsp3) is 0.500. The number of halogens is 1. The molecule has 1 heterocycles. The molecule has 2 N–H and O–H groups in total. The number of carbonyl (C=O) groups excluding carboxylic acids is 3. The second-order valence-corrected chi connectivity index (χ2v) is 6.65. The van der Waals surface area contributed by atoms with Crippen molar-refractivity contribution in [3.05, 3.63) is 28.8 Å². The summed E-state index contributed by atoms with van der Waals surface area (Å²) in [4.78, 5) is 37.4. The first-order valence-corrected chi connectivity index (χ1v) is 9.04. The number of benzene rings is 1. The molecule has 142 valence electrons. The molecule has 1 aromatic rings. The highest BCUT2D eigenvalue weighted by Gasteiger charge is 2.25. The fourth-order valence-electron chi connectivity index (χ4n) is 2.77. The molecule has 0 bridgehead atoms. The summed E-state index contributed by atoms with van der Waals surface area (Å²) in [6, 6.07) is 5.14. The first-order valence-electron chi connectivity index (χ1n) is 8.66. The minimum Gasteiger partial charge on any atom is -0.450 e. The SMILES string of the molecule is CCOC(=O)N1CCC(NC(=O)CC(=O)Nc2cc(Cl)ccc2C)CC1. The summed E-state index contributed by atoms with van der Waals surface area (Å²) in [5, 5.41) is 6.07. The number of hydrogen-bond donors (Lipinski definition) is 2. The third-order valence-electron chi connectivity index (χ3n) is 4.18. The van der Waals surface area contributed by atoms with Gasteiger partial charge in [0, 0.05) is 29.8 Å². The van der Waals surface area contributed by atoms with Gasteiger partial charge in [-0.25, -0.2) is 4.79 Å². The van der Waals surface area contributed by atoms with Crippen LogP contribution >= 0.6 is 11.6 Å². The minimum atomic E-state index is -0.392. The van der Waals surface area contributed by atoms with E-state index in [4.69, 9.17) is 16.3 Å². The number of amides is 3. The number of carbonyl (C=O) groups is 3. The predicted molar refractivity (Wildman–Crippen MR) is 99.2 cm³/mol. The van der Waals surface area contributed by atoms with Gasteiger partial charge in [0.15, 0.2) is 0 Å². The molecule has 1 aromatic carbocycles. The van der Waals surface area contributed by atoms with Crippen LogP contribution in [0.2, 0.25) is 5.02 Å². The lowest BCUT2D eigenvalue weighted by molar-refractivity contribution is -0.127. The lowest BCUT2D eigenvalue weighted by Crippen LogP contribution is -2.47. The van der Waals surface area contributed by atoms with Crippen molar-refractivity contribution in [3.63, 3.8) is 0 Å². The summed E-state index contributed by atoms with van der Waals surface area (Å²) >= 11 is 5.92. The normalized spacial score (nSPS) is 14.7. The number of piperidine rings is 1. The van der Waals surface area contributed by atoms with E-state index in [0.717, 1.165) is 5.56 Å². The quantitative estimate of drug-likeness (QED) is 0.767. The molecular weight excluding hydrogens is 358 g/mol. The van der Waals surface area contributed by atoms with Gasteiger partial charge in [-0.2, -0.15) is 0 Å². The zero-order valence-electron chi connectivity index (χ0n) is 15.0. The Labute approximate surface area is 158 Å². The molecule has 7 nitrogen and oxygen atoms in total. The molecule has 0 atom stereocenters. The van der Waals surface area contributed by atoms with Crippen molar-refractivity contribution in [2.24, 2.45) is 0 Å². The number of hydrogen-bond acceptors (Lipinski definition) is 4. The van der Waals surface area contributed by atoms with Gasteiger partial charge in [0.2, 0.25) is 11.8 Å². The lowest BCUT2D eigenvalue weighted by Gasteiger charge is -2.31. The third-order valence-corrected chi connectivity index (χ3v) is 4.42. The maximum absolute atomic E-state index is 12.1. The second kappa shape index (κ2) is 9.43. The van der Waals surface area contributed by atoms with Gasteiger partial charge < -0.3 is 20.3 Å². The van der Waals surface area contributed by atoms with E-state index in [0.29, 0.717) is 43.2 Å². The molecule has 0 aliphatic carbocycles. The van der Waals surface area contributed by atoms with Gasteiger partial charge in [0.1, 0.15) is 6.42 Å². The third kappa shape index (κ3) is 5.91. The molecule has 0 spiro atoms. The summed E-state index contributed by atoms with van der Waals surface area (Å²) in [5.74, 6) is -0.728. The summed E-state index contributed by atoms with van der Waals surface area (Å²) in [5.41, 5.74) is 1.47. The molecule has 3 amide bonds. The molecule has 1 saturated heterocycles. The Morgan fingerprint density at radius 3 is 2.58 bits per heavy atom. The van der Waals surface area contributed by atoms with Gasteiger partial charge in [-0.05, 0) is 44.4 Å². The Bertz CT molecular complexity index is 672. The molecule has 0 saturated carbocycles. The smallest absolute Gasteiger partial charge is 0.409 e. The molecule has 0 unspecified atom stereocenters. The Morgan fingerprint density at radius 1 is 1.23 bits per heavy atom. The van der Waals surface area contributed by atoms with Crippen LogP contribution in [0.1, 0.15) is 31.7 Å². The van der Waals surface area contributed by atoms with E-state index in [1.54, 1.807) is 30.0 Å². The highest BCUT2D eigenvalue weighted by atomic mass is 35.5. The molecule has 8 heteroatoms. The van der Waals surface area contributed by atoms with Crippen LogP contribution in [0.15, 0.2) is 18.2 Å². The van der Waals surface area contributed by atoms with E-state index < -0.39 is 5.91 Å². The number of nitrogens with one attached hydrogen (secondary N) is 2. The van der Waals surface area contributed by atoms with Crippen molar-refractivity contribution in [2.75, 3.05) is 25.0 Å². The second-order valence-electron chi connectivity index (χ2n) is 6.21. The van der Waals surface area contributed by atoms with Crippen molar-refractivity contribution in [2.45, 2.75) is 39.2 Å². The van der Waals surface area contributed by atoms with E-state index in [1.807, 2.05) is 6.92 Å². The highest BCUT2D eigenvalue weighted by molar-refractivity contribution is 6.31. The number of aryl methyl sites for hydroxylation is 1. The van der Waals surface area contributed by atoms with Crippen molar-refractivity contribution in [1.82, 2.24) is 10.2 Å². The van der Waals surface area contributed by atoms with Crippen molar-refractivity contribution in [1.29, 1.82) is 0 Å². The summed E-state index contributed by atoms with van der Waals surface area (Å²) in [6.45, 7) is 5.01. The van der Waals surface area contributed by atoms with E-state index in [-0.39, 0.29) is 24.5 Å². The Hall–Kier alpha value is -2.28. The Morgan fingerprint density at radius 2 is 1.92 bits per heavy atom. The molecule has 1 aliphatic rings. The number of likely N-dealkylation sites (tertiary alicyclic amines) is 1. The van der Waals surface area contributed by atoms with Gasteiger partial charge in [0.25, 0.3) is 0 Å². The highest BCUT2D eigenvalue weighted by Crippen LogP contribution is 2.20. The molecule has 0 aromatic heterocycles. The largest absolute Gasteiger partial charge is 0.450 e. The molecule has 2 rings (SSSR count). The van der Waals surface area contributed by atoms with Crippen LogP contribution in [0.5, 0.6) is 0 Å². The zero-order chi connectivity index (χ0) is 19.1. The van der Waals surface area contributed by atoms with E-state index in [1.165, 1.54) is 0 Å². The first-order chi connectivity index (χ1) is 12.4. The van der Waals surface area contributed by atoms with Gasteiger partial charge in [-0.15, -0.1) is 0 Å². The van der Waals surface area contributed by atoms with Gasteiger partial charge >= 0.3 is 6.09 Å². The topological polar surface area (TPSA) is 87.7 Å². The average Bonchev–Trinajstić information content (AvgIpc) is 2.58. The Kier molecular flexibility index (Phi) is 7.26. The maximum Gasteiger partial charge on any atom is 0.409 e. The molecule has 26 heavy (non-hydrogen) atoms. The van der Waals surface area contributed by atoms with Gasteiger partial charge in [-0.1, -0.05) is 17.7 Å². The summed E-state index contributed by atoms with van der Waals surface area (Å²) in [7, 11) is 0. The van der Waals surface area contributed by atoms with Gasteiger partial charge in [0.05, 0.1) is 6.61 Å². The monoisotopic (exact) mass is 381 g/mol. The predicted octanol–water partition coefficient (Wildman–Crippen LogP) is 2.71. The van der Waals surface area contributed by atoms with Gasteiger partial charge in [-0.3, -0.25) is 9.59 Å². The zero-order valence-corrected chi connectivity index (χ0v) is 15.8. The number of ether oxygens (including phenoxy) is 1. The van der Waals surface area contributed by atoms with E-state index in [2.05, 4.69) is 10.6 Å². The van der Waals surface area contributed by atoms with Crippen LogP contribution in [0.25, 0.3) is 0 Å². The Balaban J connectivity index is 1.76. The maximum atomic E-state index is 12.1. The van der Waals surface area contributed by atoms with Crippen molar-refractivity contribution >= 4 is 35.2 Å². The number of nitrogens with zero attached hydrogens (tertiary/aromatic N) is 1. The fourth-order valence-corrected chi connectivity index (χ4v) is 2.94. The summed E-state index contributed by atoms with van der Waals surface area (Å²) < 4.78 is 4.96.